The van der Waals surface area contributed by atoms with Gasteiger partial charge < -0.3 is 9.73 Å². The van der Waals surface area contributed by atoms with E-state index in [0.717, 1.165) is 33.3 Å². The Labute approximate surface area is 149 Å². The van der Waals surface area contributed by atoms with Crippen LogP contribution in [-0.4, -0.2) is 15.0 Å². The number of hydrogen-bond acceptors (Lipinski definition) is 3. The van der Waals surface area contributed by atoms with Crippen LogP contribution < -0.4 is 11.0 Å². The number of fused-ring (bicyclic) bond motifs is 2. The van der Waals surface area contributed by atoms with E-state index in [2.05, 4.69) is 5.32 Å². The zero-order valence-corrected chi connectivity index (χ0v) is 14.9. The van der Waals surface area contributed by atoms with E-state index in [0.29, 0.717) is 12.1 Å². The lowest BCUT2D eigenvalue weighted by atomic mass is 10.1. The molecule has 0 unspecified atom stereocenters. The summed E-state index contributed by atoms with van der Waals surface area (Å²) in [5.41, 5.74) is 3.95. The van der Waals surface area contributed by atoms with E-state index < -0.39 is 0 Å². The maximum atomic E-state index is 12.5. The van der Waals surface area contributed by atoms with Crippen LogP contribution in [0.15, 0.2) is 51.7 Å². The Morgan fingerprint density at radius 2 is 1.81 bits per heavy atom. The minimum Gasteiger partial charge on any atom is -0.461 e. The first-order chi connectivity index (χ1) is 12.4. The Balaban J connectivity index is 1.55. The van der Waals surface area contributed by atoms with E-state index in [1.54, 1.807) is 29.3 Å². The van der Waals surface area contributed by atoms with Crippen LogP contribution in [-0.2, 0) is 20.6 Å². The fourth-order valence-corrected chi connectivity index (χ4v) is 3.26. The topological polar surface area (TPSA) is 69.2 Å². The van der Waals surface area contributed by atoms with Gasteiger partial charge in [-0.1, -0.05) is 6.07 Å². The molecule has 4 rings (SSSR count). The van der Waals surface area contributed by atoms with Gasteiger partial charge in [0.25, 0.3) is 5.91 Å². The van der Waals surface area contributed by atoms with Gasteiger partial charge in [-0.15, -0.1) is 0 Å². The van der Waals surface area contributed by atoms with Gasteiger partial charge in [0.15, 0.2) is 0 Å². The number of rotatable bonds is 3. The summed E-state index contributed by atoms with van der Waals surface area (Å²) < 4.78 is 8.75. The maximum absolute atomic E-state index is 12.5. The predicted molar refractivity (Wildman–Crippen MR) is 100 cm³/mol. The number of furan rings is 1. The van der Waals surface area contributed by atoms with E-state index in [1.807, 2.05) is 43.3 Å². The van der Waals surface area contributed by atoms with Gasteiger partial charge in [0, 0.05) is 31.6 Å². The highest BCUT2D eigenvalue weighted by Crippen LogP contribution is 2.20. The molecule has 0 saturated heterocycles. The van der Waals surface area contributed by atoms with Crippen molar-refractivity contribution in [3.05, 3.63) is 69.8 Å². The van der Waals surface area contributed by atoms with Crippen molar-refractivity contribution in [1.29, 1.82) is 0 Å². The third-order valence-corrected chi connectivity index (χ3v) is 4.69. The normalized spacial score (nSPS) is 11.3. The van der Waals surface area contributed by atoms with Gasteiger partial charge in [0.05, 0.1) is 11.0 Å². The minimum atomic E-state index is -0.146. The number of nitrogens with one attached hydrogen (secondary N) is 1. The molecule has 2 aromatic carbocycles. The number of aromatic nitrogens is 2. The fourth-order valence-electron chi connectivity index (χ4n) is 3.26. The van der Waals surface area contributed by atoms with Crippen molar-refractivity contribution in [3.8, 4) is 0 Å². The molecule has 2 aromatic heterocycles. The summed E-state index contributed by atoms with van der Waals surface area (Å²) >= 11 is 0. The molecule has 0 aliphatic carbocycles. The zero-order chi connectivity index (χ0) is 18.4. The van der Waals surface area contributed by atoms with Crippen LogP contribution in [0.3, 0.4) is 0 Å². The highest BCUT2D eigenvalue weighted by Gasteiger charge is 2.11. The molecule has 6 heteroatoms. The molecule has 26 heavy (non-hydrogen) atoms. The Morgan fingerprint density at radius 1 is 1.04 bits per heavy atom. The second-order valence-electron chi connectivity index (χ2n) is 6.52. The summed E-state index contributed by atoms with van der Waals surface area (Å²) in [5.74, 6) is 0.673. The number of aryl methyl sites for hydroxylation is 3. The summed E-state index contributed by atoms with van der Waals surface area (Å²) in [6, 6.07) is 13.1. The Kier molecular flexibility index (Phi) is 3.68. The lowest BCUT2D eigenvalue weighted by Gasteiger charge is -2.06. The standard InChI is InChI=1S/C20H19N3O3/c1-12-8-15-10-14(5-7-18(15)26-12)19(24)21-11-13-4-6-16-17(9-13)23(3)20(25)22(16)2/h4-10H,11H2,1-3H3,(H,21,24). The molecule has 1 amide bonds. The molecule has 0 atom stereocenters. The fraction of sp³-hybridized carbons (Fsp3) is 0.200. The molecule has 0 bridgehead atoms. The second kappa shape index (κ2) is 5.91. The van der Waals surface area contributed by atoms with Crippen LogP contribution in [0.4, 0.5) is 0 Å². The molecule has 0 aliphatic rings. The Morgan fingerprint density at radius 3 is 2.62 bits per heavy atom. The molecule has 0 aliphatic heterocycles. The first kappa shape index (κ1) is 16.2. The molecule has 4 aromatic rings. The van der Waals surface area contributed by atoms with Crippen LogP contribution in [0.25, 0.3) is 22.0 Å². The molecule has 0 fully saturated rings. The van der Waals surface area contributed by atoms with Gasteiger partial charge in [-0.3, -0.25) is 13.9 Å². The van der Waals surface area contributed by atoms with Crippen LogP contribution >= 0.6 is 0 Å². The number of carbonyl (C=O) groups excluding carboxylic acids is 1. The summed E-state index contributed by atoms with van der Waals surface area (Å²) in [4.78, 5) is 24.5. The number of hydrogen-bond donors (Lipinski definition) is 1. The van der Waals surface area contributed by atoms with Crippen molar-refractivity contribution in [2.24, 2.45) is 14.1 Å². The van der Waals surface area contributed by atoms with Gasteiger partial charge in [0.2, 0.25) is 0 Å². The van der Waals surface area contributed by atoms with Crippen molar-refractivity contribution in [1.82, 2.24) is 14.5 Å². The summed E-state index contributed by atoms with van der Waals surface area (Å²) in [6.45, 7) is 2.27. The van der Waals surface area contributed by atoms with Crippen LogP contribution in [0.1, 0.15) is 21.7 Å². The lowest BCUT2D eigenvalue weighted by molar-refractivity contribution is 0.0951. The molecule has 0 radical (unpaired) electrons. The van der Waals surface area contributed by atoms with E-state index in [1.165, 1.54) is 0 Å². The van der Waals surface area contributed by atoms with Crippen molar-refractivity contribution in [2.45, 2.75) is 13.5 Å². The molecule has 0 saturated carbocycles. The zero-order valence-electron chi connectivity index (χ0n) is 14.9. The average molecular weight is 349 g/mol. The van der Waals surface area contributed by atoms with Crippen LogP contribution in [0.2, 0.25) is 0 Å². The summed E-state index contributed by atoms with van der Waals surface area (Å²) in [7, 11) is 3.50. The van der Waals surface area contributed by atoms with Crippen LogP contribution in [0, 0.1) is 6.92 Å². The SMILES string of the molecule is Cc1cc2cc(C(=O)NCc3ccc4c(c3)n(C)c(=O)n4C)ccc2o1. The Bertz CT molecular complexity index is 1210. The second-order valence-corrected chi connectivity index (χ2v) is 6.52. The molecule has 2 heterocycles. The van der Waals surface area contributed by atoms with Crippen molar-refractivity contribution in [3.63, 3.8) is 0 Å². The maximum Gasteiger partial charge on any atom is 0.328 e. The number of carbonyl (C=O) groups is 1. The number of benzene rings is 2. The minimum absolute atomic E-state index is 0.0649. The highest BCUT2D eigenvalue weighted by molar-refractivity contribution is 5.97. The molecule has 1 N–H and O–H groups in total. The molecular weight excluding hydrogens is 330 g/mol. The van der Waals surface area contributed by atoms with Crippen molar-refractivity contribution in [2.75, 3.05) is 0 Å². The van der Waals surface area contributed by atoms with Gasteiger partial charge in [-0.2, -0.15) is 0 Å². The van der Waals surface area contributed by atoms with E-state index >= 15 is 0 Å². The summed E-state index contributed by atoms with van der Waals surface area (Å²) in [6.07, 6.45) is 0. The third-order valence-electron chi connectivity index (χ3n) is 4.69. The number of imidazole rings is 1. The third kappa shape index (κ3) is 2.60. The van der Waals surface area contributed by atoms with E-state index in [4.69, 9.17) is 4.42 Å². The largest absolute Gasteiger partial charge is 0.461 e. The van der Waals surface area contributed by atoms with Crippen LogP contribution in [0.5, 0.6) is 0 Å². The van der Waals surface area contributed by atoms with E-state index in [-0.39, 0.29) is 11.6 Å². The quantitative estimate of drug-likeness (QED) is 0.618. The predicted octanol–water partition coefficient (Wildman–Crippen LogP) is 2.86. The smallest absolute Gasteiger partial charge is 0.328 e. The Hall–Kier alpha value is -3.28. The first-order valence-electron chi connectivity index (χ1n) is 8.37. The van der Waals surface area contributed by atoms with Gasteiger partial charge in [0.1, 0.15) is 11.3 Å². The monoisotopic (exact) mass is 349 g/mol. The molecular formula is C20H19N3O3. The first-order valence-corrected chi connectivity index (χ1v) is 8.37. The molecule has 0 spiro atoms. The van der Waals surface area contributed by atoms with Crippen molar-refractivity contribution < 1.29 is 9.21 Å². The highest BCUT2D eigenvalue weighted by atomic mass is 16.3. The molecule has 132 valence electrons. The van der Waals surface area contributed by atoms with Gasteiger partial charge in [-0.25, -0.2) is 4.79 Å². The van der Waals surface area contributed by atoms with Crippen molar-refractivity contribution >= 4 is 27.9 Å². The molecule has 6 nitrogen and oxygen atoms in total. The van der Waals surface area contributed by atoms with Gasteiger partial charge in [-0.05, 0) is 48.9 Å². The van der Waals surface area contributed by atoms with Gasteiger partial charge >= 0.3 is 5.69 Å². The van der Waals surface area contributed by atoms with E-state index in [9.17, 15) is 9.59 Å². The number of amides is 1. The average Bonchev–Trinajstić information content (AvgIpc) is 3.11. The lowest BCUT2D eigenvalue weighted by Crippen LogP contribution is -2.22. The number of nitrogens with zero attached hydrogens (tertiary/aromatic N) is 2. The summed E-state index contributed by atoms with van der Waals surface area (Å²) in [5, 5.41) is 3.84.